The van der Waals surface area contributed by atoms with Gasteiger partial charge in [0.2, 0.25) is 0 Å². The molecule has 82 valence electrons. The van der Waals surface area contributed by atoms with Crippen molar-refractivity contribution in [1.29, 1.82) is 0 Å². The summed E-state index contributed by atoms with van der Waals surface area (Å²) in [5.74, 6) is 0.788. The van der Waals surface area contributed by atoms with Crippen LogP contribution in [-0.2, 0) is 0 Å². The second-order valence-electron chi connectivity index (χ2n) is 3.60. The molecule has 1 aromatic rings. The number of ether oxygens (including phenoxy) is 1. The first-order valence-corrected chi connectivity index (χ1v) is 5.55. The molecule has 0 aliphatic carbocycles. The van der Waals surface area contributed by atoms with Crippen molar-refractivity contribution in [3.63, 3.8) is 0 Å². The van der Waals surface area contributed by atoms with Gasteiger partial charge in [0.1, 0.15) is 12.0 Å². The first-order chi connectivity index (χ1) is 7.36. The molecule has 0 aliphatic rings. The van der Waals surface area contributed by atoms with Crippen molar-refractivity contribution >= 4 is 6.29 Å². The minimum atomic E-state index is 0.668. The minimum Gasteiger partial charge on any atom is -0.494 e. The van der Waals surface area contributed by atoms with Crippen molar-refractivity contribution in [3.8, 4) is 5.75 Å². The van der Waals surface area contributed by atoms with Crippen LogP contribution in [0.4, 0.5) is 0 Å². The van der Waals surface area contributed by atoms with Crippen molar-refractivity contribution in [1.82, 2.24) is 0 Å². The molecule has 0 saturated carbocycles. The lowest BCUT2D eigenvalue weighted by molar-refractivity contribution is 0.112. The first kappa shape index (κ1) is 11.8. The first-order valence-electron chi connectivity index (χ1n) is 5.55. The number of rotatable bonds is 7. The van der Waals surface area contributed by atoms with Crippen LogP contribution in [0.5, 0.6) is 5.75 Å². The number of hydrogen-bond acceptors (Lipinski definition) is 2. The van der Waals surface area contributed by atoms with Crippen molar-refractivity contribution < 1.29 is 9.53 Å². The number of benzene rings is 1. The highest BCUT2D eigenvalue weighted by Crippen LogP contribution is 2.12. The lowest BCUT2D eigenvalue weighted by atomic mass is 10.2. The molecule has 0 radical (unpaired) electrons. The van der Waals surface area contributed by atoms with Crippen molar-refractivity contribution in [2.75, 3.05) is 6.61 Å². The minimum absolute atomic E-state index is 0.668. The van der Waals surface area contributed by atoms with E-state index < -0.39 is 0 Å². The van der Waals surface area contributed by atoms with Gasteiger partial charge in [0.25, 0.3) is 0 Å². The number of aldehydes is 1. The topological polar surface area (TPSA) is 26.3 Å². The van der Waals surface area contributed by atoms with Crippen LogP contribution in [0.1, 0.15) is 43.0 Å². The monoisotopic (exact) mass is 206 g/mol. The molecule has 0 bridgehead atoms. The van der Waals surface area contributed by atoms with Gasteiger partial charge in [-0.1, -0.05) is 38.3 Å². The van der Waals surface area contributed by atoms with Gasteiger partial charge >= 0.3 is 0 Å². The summed E-state index contributed by atoms with van der Waals surface area (Å²) in [6.07, 6.45) is 5.63. The molecule has 2 nitrogen and oxygen atoms in total. The SMILES string of the molecule is CCCCCCOc1cccc(C=O)c1. The van der Waals surface area contributed by atoms with Crippen molar-refractivity contribution in [2.24, 2.45) is 0 Å². The molecule has 0 amide bonds. The maximum atomic E-state index is 10.5. The third kappa shape index (κ3) is 4.63. The van der Waals surface area contributed by atoms with Crippen LogP contribution in [0.2, 0.25) is 0 Å². The highest BCUT2D eigenvalue weighted by atomic mass is 16.5. The van der Waals surface area contributed by atoms with Crippen LogP contribution in [-0.4, -0.2) is 12.9 Å². The number of carbonyl (C=O) groups is 1. The van der Waals surface area contributed by atoms with E-state index in [0.29, 0.717) is 5.56 Å². The van der Waals surface area contributed by atoms with Crippen LogP contribution in [0.3, 0.4) is 0 Å². The summed E-state index contributed by atoms with van der Waals surface area (Å²) in [5.41, 5.74) is 0.668. The molecule has 1 rings (SSSR count). The zero-order valence-corrected chi connectivity index (χ0v) is 9.24. The van der Waals surface area contributed by atoms with Gasteiger partial charge in [-0.25, -0.2) is 0 Å². The molecule has 0 saturated heterocycles. The van der Waals surface area contributed by atoms with E-state index >= 15 is 0 Å². The van der Waals surface area contributed by atoms with Gasteiger partial charge in [0.05, 0.1) is 6.61 Å². The van der Waals surface area contributed by atoms with Gasteiger partial charge in [-0.3, -0.25) is 4.79 Å². The molecule has 0 N–H and O–H groups in total. The summed E-state index contributed by atoms with van der Waals surface area (Å²) in [6.45, 7) is 2.93. The summed E-state index contributed by atoms with van der Waals surface area (Å²) in [6, 6.07) is 7.27. The predicted molar refractivity (Wildman–Crippen MR) is 61.5 cm³/mol. The maximum Gasteiger partial charge on any atom is 0.150 e. The van der Waals surface area contributed by atoms with Crippen molar-refractivity contribution in [3.05, 3.63) is 29.8 Å². The van der Waals surface area contributed by atoms with Gasteiger partial charge in [-0.2, -0.15) is 0 Å². The Labute approximate surface area is 91.3 Å². The summed E-state index contributed by atoms with van der Waals surface area (Å²) < 4.78 is 5.54. The van der Waals surface area contributed by atoms with Crippen LogP contribution in [0.15, 0.2) is 24.3 Å². The summed E-state index contributed by atoms with van der Waals surface area (Å²) >= 11 is 0. The zero-order chi connectivity index (χ0) is 10.9. The van der Waals surface area contributed by atoms with E-state index in [4.69, 9.17) is 4.74 Å². The van der Waals surface area contributed by atoms with Gasteiger partial charge < -0.3 is 4.74 Å². The predicted octanol–water partition coefficient (Wildman–Crippen LogP) is 3.46. The van der Waals surface area contributed by atoms with Crippen LogP contribution in [0, 0.1) is 0 Å². The Balaban J connectivity index is 2.27. The smallest absolute Gasteiger partial charge is 0.150 e. The Kier molecular flexibility index (Phi) is 5.52. The van der Waals surface area contributed by atoms with Gasteiger partial charge in [0.15, 0.2) is 0 Å². The zero-order valence-electron chi connectivity index (χ0n) is 9.24. The Morgan fingerprint density at radius 2 is 2.13 bits per heavy atom. The Morgan fingerprint density at radius 1 is 1.27 bits per heavy atom. The molecule has 0 unspecified atom stereocenters. The molecular weight excluding hydrogens is 188 g/mol. The van der Waals surface area contributed by atoms with Gasteiger partial charge in [-0.05, 0) is 18.6 Å². The molecular formula is C13H18O2. The van der Waals surface area contributed by atoms with Gasteiger partial charge in [0, 0.05) is 5.56 Å². The number of unbranched alkanes of at least 4 members (excludes halogenated alkanes) is 3. The molecule has 0 fully saturated rings. The number of hydrogen-bond donors (Lipinski definition) is 0. The maximum absolute atomic E-state index is 10.5. The van der Waals surface area contributed by atoms with E-state index in [1.54, 1.807) is 12.1 Å². The van der Waals surface area contributed by atoms with E-state index in [2.05, 4.69) is 6.92 Å². The second-order valence-corrected chi connectivity index (χ2v) is 3.60. The Bertz CT molecular complexity index is 294. The third-order valence-electron chi connectivity index (χ3n) is 2.26. The fourth-order valence-electron chi connectivity index (χ4n) is 1.40. The molecule has 0 atom stereocenters. The standard InChI is InChI=1S/C13H18O2/c1-2-3-4-5-9-15-13-8-6-7-12(10-13)11-14/h6-8,10-11H,2-5,9H2,1H3. The summed E-state index contributed by atoms with van der Waals surface area (Å²) in [5, 5.41) is 0. The van der Waals surface area contributed by atoms with E-state index in [9.17, 15) is 4.79 Å². The summed E-state index contributed by atoms with van der Waals surface area (Å²) in [7, 11) is 0. The van der Waals surface area contributed by atoms with E-state index in [0.717, 1.165) is 25.1 Å². The lowest BCUT2D eigenvalue weighted by Gasteiger charge is -2.05. The summed E-state index contributed by atoms with van der Waals surface area (Å²) in [4.78, 5) is 10.5. The molecule has 2 heteroatoms. The molecule has 0 aromatic heterocycles. The quantitative estimate of drug-likeness (QED) is 0.504. The highest BCUT2D eigenvalue weighted by Gasteiger charge is 1.95. The van der Waals surface area contributed by atoms with E-state index in [-0.39, 0.29) is 0 Å². The third-order valence-corrected chi connectivity index (χ3v) is 2.26. The van der Waals surface area contributed by atoms with Crippen LogP contribution in [0.25, 0.3) is 0 Å². The number of carbonyl (C=O) groups excluding carboxylic acids is 1. The molecule has 0 spiro atoms. The molecule has 1 aromatic carbocycles. The van der Waals surface area contributed by atoms with Gasteiger partial charge in [-0.15, -0.1) is 0 Å². The fraction of sp³-hybridized carbons (Fsp3) is 0.462. The normalized spacial score (nSPS) is 9.93. The van der Waals surface area contributed by atoms with Crippen molar-refractivity contribution in [2.45, 2.75) is 32.6 Å². The molecule has 0 heterocycles. The molecule has 15 heavy (non-hydrogen) atoms. The Hall–Kier alpha value is -1.31. The molecule has 0 aliphatic heterocycles. The average molecular weight is 206 g/mol. The van der Waals surface area contributed by atoms with E-state index in [1.807, 2.05) is 12.1 Å². The largest absolute Gasteiger partial charge is 0.494 e. The highest BCUT2D eigenvalue weighted by molar-refractivity contribution is 5.75. The lowest BCUT2D eigenvalue weighted by Crippen LogP contribution is -1.97. The fourth-order valence-corrected chi connectivity index (χ4v) is 1.40. The van der Waals surface area contributed by atoms with Crippen LogP contribution >= 0.6 is 0 Å². The Morgan fingerprint density at radius 3 is 2.87 bits per heavy atom. The van der Waals surface area contributed by atoms with E-state index in [1.165, 1.54) is 19.3 Å². The average Bonchev–Trinajstić information content (AvgIpc) is 2.29. The second kappa shape index (κ2) is 7.04. The van der Waals surface area contributed by atoms with Crippen LogP contribution < -0.4 is 4.74 Å².